The van der Waals surface area contributed by atoms with Crippen LogP contribution < -0.4 is 0 Å². The Morgan fingerprint density at radius 2 is 2.00 bits per heavy atom. The number of aromatic nitrogens is 2. The van der Waals surface area contributed by atoms with Crippen LogP contribution in [-0.4, -0.2) is 51.2 Å². The molecule has 26 heavy (non-hydrogen) atoms. The van der Waals surface area contributed by atoms with Crippen molar-refractivity contribution in [3.05, 3.63) is 53.9 Å². The number of benzene rings is 1. The Balaban J connectivity index is 1.35. The molecule has 4 rings (SSSR count). The van der Waals surface area contributed by atoms with Gasteiger partial charge in [0.05, 0.1) is 6.54 Å². The highest BCUT2D eigenvalue weighted by Crippen LogP contribution is 2.22. The van der Waals surface area contributed by atoms with Crippen molar-refractivity contribution < 1.29 is 4.79 Å². The molecular weight excluding hydrogens is 324 g/mol. The number of hydrogen-bond acceptors (Lipinski definition) is 3. The maximum Gasteiger partial charge on any atom is 0.237 e. The smallest absolute Gasteiger partial charge is 0.237 e. The normalized spacial score (nSPS) is 20.8. The maximum atomic E-state index is 13.0. The SMILES string of the molecule is O=C(CN1CCc2ccccc2C1)N1CCCC[C@@H]1CCn1cccn1. The number of piperidine rings is 1. The van der Waals surface area contributed by atoms with Gasteiger partial charge in [0.15, 0.2) is 0 Å². The van der Waals surface area contributed by atoms with Gasteiger partial charge in [0, 0.05) is 44.6 Å². The minimum atomic E-state index is 0.301. The quantitative estimate of drug-likeness (QED) is 0.831. The zero-order valence-corrected chi connectivity index (χ0v) is 15.4. The second-order valence-electron chi connectivity index (χ2n) is 7.52. The first-order chi connectivity index (χ1) is 12.8. The van der Waals surface area contributed by atoms with Crippen molar-refractivity contribution >= 4 is 5.91 Å². The third kappa shape index (κ3) is 3.98. The molecule has 1 amide bonds. The van der Waals surface area contributed by atoms with Crippen LogP contribution in [0.3, 0.4) is 0 Å². The van der Waals surface area contributed by atoms with Gasteiger partial charge in [-0.05, 0) is 49.3 Å². The molecule has 2 aliphatic heterocycles. The molecule has 3 heterocycles. The summed E-state index contributed by atoms with van der Waals surface area (Å²) < 4.78 is 1.97. The summed E-state index contributed by atoms with van der Waals surface area (Å²) in [4.78, 5) is 17.5. The van der Waals surface area contributed by atoms with Crippen LogP contribution in [0.2, 0.25) is 0 Å². The lowest BCUT2D eigenvalue weighted by atomic mass is 9.98. The van der Waals surface area contributed by atoms with E-state index in [1.165, 1.54) is 17.5 Å². The van der Waals surface area contributed by atoms with Gasteiger partial charge < -0.3 is 4.90 Å². The molecule has 0 spiro atoms. The van der Waals surface area contributed by atoms with Crippen molar-refractivity contribution in [1.29, 1.82) is 0 Å². The van der Waals surface area contributed by atoms with Crippen molar-refractivity contribution in [1.82, 2.24) is 19.6 Å². The average Bonchev–Trinajstić information content (AvgIpc) is 3.20. The highest BCUT2D eigenvalue weighted by Gasteiger charge is 2.28. The Labute approximate surface area is 155 Å². The first-order valence-electron chi connectivity index (χ1n) is 9.85. The fourth-order valence-electron chi connectivity index (χ4n) is 4.31. The Hall–Kier alpha value is -2.14. The van der Waals surface area contributed by atoms with E-state index in [-0.39, 0.29) is 0 Å². The zero-order chi connectivity index (χ0) is 17.8. The van der Waals surface area contributed by atoms with Crippen molar-refractivity contribution in [2.24, 2.45) is 0 Å². The summed E-state index contributed by atoms with van der Waals surface area (Å²) in [5.41, 5.74) is 2.81. The predicted octanol–water partition coefficient (Wildman–Crippen LogP) is 2.71. The van der Waals surface area contributed by atoms with Crippen molar-refractivity contribution in [3.63, 3.8) is 0 Å². The van der Waals surface area contributed by atoms with Crippen LogP contribution in [0.25, 0.3) is 0 Å². The van der Waals surface area contributed by atoms with Gasteiger partial charge >= 0.3 is 0 Å². The van der Waals surface area contributed by atoms with Gasteiger partial charge in [-0.1, -0.05) is 24.3 Å². The van der Waals surface area contributed by atoms with Crippen LogP contribution in [0.5, 0.6) is 0 Å². The van der Waals surface area contributed by atoms with Gasteiger partial charge in [0.2, 0.25) is 5.91 Å². The van der Waals surface area contributed by atoms with Crippen molar-refractivity contribution in [2.45, 2.75) is 51.2 Å². The Kier molecular flexibility index (Phi) is 5.34. The van der Waals surface area contributed by atoms with Crippen LogP contribution in [0.1, 0.15) is 36.8 Å². The lowest BCUT2D eigenvalue weighted by Gasteiger charge is -2.38. The average molecular weight is 352 g/mol. The largest absolute Gasteiger partial charge is 0.339 e. The molecule has 1 aromatic heterocycles. The number of carbonyl (C=O) groups excluding carboxylic acids is 1. The molecule has 0 unspecified atom stereocenters. The van der Waals surface area contributed by atoms with E-state index in [0.717, 1.165) is 51.9 Å². The lowest BCUT2D eigenvalue weighted by molar-refractivity contribution is -0.136. The molecule has 1 atom stereocenters. The zero-order valence-electron chi connectivity index (χ0n) is 15.4. The van der Waals surface area contributed by atoms with E-state index in [0.29, 0.717) is 18.5 Å². The summed E-state index contributed by atoms with van der Waals surface area (Å²) in [5.74, 6) is 0.301. The molecule has 5 nitrogen and oxygen atoms in total. The number of hydrogen-bond donors (Lipinski definition) is 0. The van der Waals surface area contributed by atoms with E-state index in [4.69, 9.17) is 0 Å². The molecule has 0 N–H and O–H groups in total. The van der Waals surface area contributed by atoms with E-state index in [1.54, 1.807) is 0 Å². The van der Waals surface area contributed by atoms with Crippen molar-refractivity contribution in [2.75, 3.05) is 19.6 Å². The first-order valence-corrected chi connectivity index (χ1v) is 9.85. The number of fused-ring (bicyclic) bond motifs is 1. The maximum absolute atomic E-state index is 13.0. The van der Waals surface area contributed by atoms with E-state index >= 15 is 0 Å². The van der Waals surface area contributed by atoms with E-state index in [1.807, 2.05) is 23.1 Å². The molecule has 1 saturated heterocycles. The summed E-state index contributed by atoms with van der Waals surface area (Å²) >= 11 is 0. The summed E-state index contributed by atoms with van der Waals surface area (Å²) in [6.45, 7) is 4.22. The van der Waals surface area contributed by atoms with Crippen LogP contribution in [-0.2, 0) is 24.3 Å². The lowest BCUT2D eigenvalue weighted by Crippen LogP contribution is -2.49. The standard InChI is InChI=1S/C21H28N4O/c26-21(17-23-14-9-18-6-1-2-7-19(18)16-23)25-13-4-3-8-20(25)10-15-24-12-5-11-22-24/h1-2,5-7,11-12,20H,3-4,8-10,13-17H2/t20-/m1/s1. The molecule has 2 aromatic rings. The Morgan fingerprint density at radius 3 is 2.85 bits per heavy atom. The van der Waals surface area contributed by atoms with Gasteiger partial charge in [0.1, 0.15) is 0 Å². The third-order valence-electron chi connectivity index (χ3n) is 5.77. The molecule has 1 aromatic carbocycles. The number of aryl methyl sites for hydroxylation is 1. The molecule has 138 valence electrons. The molecule has 2 aliphatic rings. The summed E-state index contributed by atoms with van der Waals surface area (Å²) in [6, 6.07) is 10.9. The van der Waals surface area contributed by atoms with Gasteiger partial charge in [0.25, 0.3) is 0 Å². The van der Waals surface area contributed by atoms with Gasteiger partial charge in [-0.2, -0.15) is 5.10 Å². The number of rotatable bonds is 5. The molecule has 1 fully saturated rings. The summed E-state index contributed by atoms with van der Waals surface area (Å²) in [5, 5.41) is 4.29. The highest BCUT2D eigenvalue weighted by atomic mass is 16.2. The second kappa shape index (κ2) is 8.04. The number of nitrogens with zero attached hydrogens (tertiary/aromatic N) is 4. The highest BCUT2D eigenvalue weighted by molar-refractivity contribution is 5.78. The Morgan fingerprint density at radius 1 is 1.12 bits per heavy atom. The minimum Gasteiger partial charge on any atom is -0.339 e. The van der Waals surface area contributed by atoms with Crippen LogP contribution in [0.4, 0.5) is 0 Å². The molecule has 0 saturated carbocycles. The number of amides is 1. The van der Waals surface area contributed by atoms with E-state index in [2.05, 4.69) is 39.2 Å². The summed E-state index contributed by atoms with van der Waals surface area (Å²) in [7, 11) is 0. The fraction of sp³-hybridized carbons (Fsp3) is 0.524. The molecule has 0 aliphatic carbocycles. The topological polar surface area (TPSA) is 41.4 Å². The predicted molar refractivity (Wildman–Crippen MR) is 102 cm³/mol. The van der Waals surface area contributed by atoms with Gasteiger partial charge in [-0.15, -0.1) is 0 Å². The van der Waals surface area contributed by atoms with Gasteiger partial charge in [-0.25, -0.2) is 0 Å². The second-order valence-corrected chi connectivity index (χ2v) is 7.52. The fourth-order valence-corrected chi connectivity index (χ4v) is 4.31. The summed E-state index contributed by atoms with van der Waals surface area (Å²) in [6.07, 6.45) is 9.34. The Bertz CT molecular complexity index is 727. The third-order valence-corrected chi connectivity index (χ3v) is 5.77. The molecule has 0 bridgehead atoms. The van der Waals surface area contributed by atoms with E-state index < -0.39 is 0 Å². The monoisotopic (exact) mass is 352 g/mol. The molecular formula is C21H28N4O. The first kappa shape index (κ1) is 17.3. The molecule has 5 heteroatoms. The molecule has 0 radical (unpaired) electrons. The van der Waals surface area contributed by atoms with Gasteiger partial charge in [-0.3, -0.25) is 14.4 Å². The number of likely N-dealkylation sites (tertiary alicyclic amines) is 1. The van der Waals surface area contributed by atoms with E-state index in [9.17, 15) is 4.79 Å². The van der Waals surface area contributed by atoms with Crippen LogP contribution >= 0.6 is 0 Å². The number of carbonyl (C=O) groups is 1. The van der Waals surface area contributed by atoms with Crippen LogP contribution in [0, 0.1) is 0 Å². The van der Waals surface area contributed by atoms with Crippen LogP contribution in [0.15, 0.2) is 42.7 Å². The minimum absolute atomic E-state index is 0.301. The van der Waals surface area contributed by atoms with Crippen molar-refractivity contribution in [3.8, 4) is 0 Å².